The van der Waals surface area contributed by atoms with E-state index in [9.17, 15) is 9.59 Å². The number of nitrogens with two attached hydrogens (primary N) is 1. The van der Waals surface area contributed by atoms with Crippen LogP contribution in [-0.4, -0.2) is 64.0 Å². The Morgan fingerprint density at radius 1 is 1.04 bits per heavy atom. The summed E-state index contributed by atoms with van der Waals surface area (Å²) >= 11 is 0. The molecule has 7 nitrogen and oxygen atoms in total. The van der Waals surface area contributed by atoms with Gasteiger partial charge in [0.15, 0.2) is 5.69 Å². The Morgan fingerprint density at radius 2 is 1.74 bits per heavy atom. The highest BCUT2D eigenvalue weighted by Crippen LogP contribution is 2.48. The van der Waals surface area contributed by atoms with Crippen molar-refractivity contribution in [2.24, 2.45) is 23.5 Å². The second-order valence-electron chi connectivity index (χ2n) is 8.17. The number of aromatic amines is 1. The van der Waals surface area contributed by atoms with Gasteiger partial charge >= 0.3 is 0 Å². The van der Waals surface area contributed by atoms with E-state index in [4.69, 9.17) is 5.73 Å². The number of benzene rings is 1. The van der Waals surface area contributed by atoms with Crippen molar-refractivity contribution in [2.75, 3.05) is 26.2 Å². The zero-order valence-corrected chi connectivity index (χ0v) is 15.3. The number of piperazine rings is 1. The first-order chi connectivity index (χ1) is 13.1. The molecule has 3 fully saturated rings. The number of H-pyrrole nitrogens is 1. The number of carbonyl (C=O) groups is 2. The van der Waals surface area contributed by atoms with Gasteiger partial charge in [-0.1, -0.05) is 18.2 Å². The average Bonchev–Trinajstić information content (AvgIpc) is 3.41. The molecule has 0 spiro atoms. The lowest BCUT2D eigenvalue weighted by Crippen LogP contribution is -2.54. The van der Waals surface area contributed by atoms with E-state index in [1.807, 2.05) is 29.2 Å². The van der Waals surface area contributed by atoms with Crippen LogP contribution in [0.4, 0.5) is 0 Å². The molecule has 5 rings (SSSR count). The molecule has 1 saturated heterocycles. The van der Waals surface area contributed by atoms with E-state index >= 15 is 0 Å². The molecule has 1 aromatic heterocycles. The van der Waals surface area contributed by atoms with Crippen LogP contribution in [0.3, 0.4) is 0 Å². The van der Waals surface area contributed by atoms with Crippen molar-refractivity contribution in [1.29, 1.82) is 0 Å². The van der Waals surface area contributed by atoms with Crippen LogP contribution in [0.15, 0.2) is 24.3 Å². The molecular formula is C20H25N5O2. The summed E-state index contributed by atoms with van der Waals surface area (Å²) in [6.07, 6.45) is 3.43. The quantitative estimate of drug-likeness (QED) is 0.834. The van der Waals surface area contributed by atoms with Gasteiger partial charge in [-0.15, -0.1) is 0 Å². The molecule has 7 heteroatoms. The van der Waals surface area contributed by atoms with Crippen molar-refractivity contribution >= 4 is 22.7 Å². The summed E-state index contributed by atoms with van der Waals surface area (Å²) in [6.45, 7) is 2.24. The maximum atomic E-state index is 13.0. The van der Waals surface area contributed by atoms with Gasteiger partial charge in [0.1, 0.15) is 0 Å². The second-order valence-corrected chi connectivity index (χ2v) is 8.17. The van der Waals surface area contributed by atoms with Crippen LogP contribution in [0.2, 0.25) is 0 Å². The van der Waals surface area contributed by atoms with E-state index in [1.54, 1.807) is 4.90 Å². The van der Waals surface area contributed by atoms with Crippen molar-refractivity contribution in [1.82, 2.24) is 20.0 Å². The monoisotopic (exact) mass is 367 g/mol. The van der Waals surface area contributed by atoms with Gasteiger partial charge in [0, 0.05) is 37.6 Å². The summed E-state index contributed by atoms with van der Waals surface area (Å²) in [5.74, 6) is 1.11. The highest BCUT2D eigenvalue weighted by atomic mass is 16.2. The SMILES string of the molecule is NC1C2CCC(C2)C1C(=O)N1CCN(C(=O)c2n[nH]c3ccccc23)CC1. The average molecular weight is 367 g/mol. The molecule has 2 amide bonds. The number of fused-ring (bicyclic) bond motifs is 3. The van der Waals surface area contributed by atoms with Gasteiger partial charge in [-0.3, -0.25) is 14.7 Å². The van der Waals surface area contributed by atoms with Gasteiger partial charge in [0.05, 0.1) is 11.4 Å². The Bertz CT molecular complexity index is 883. The molecule has 2 heterocycles. The van der Waals surface area contributed by atoms with Gasteiger partial charge in [0.2, 0.25) is 5.91 Å². The van der Waals surface area contributed by atoms with Crippen molar-refractivity contribution in [3.05, 3.63) is 30.0 Å². The van der Waals surface area contributed by atoms with Crippen molar-refractivity contribution in [2.45, 2.75) is 25.3 Å². The van der Waals surface area contributed by atoms with Crippen molar-refractivity contribution in [3.63, 3.8) is 0 Å². The molecule has 2 saturated carbocycles. The van der Waals surface area contributed by atoms with Crippen molar-refractivity contribution < 1.29 is 9.59 Å². The number of nitrogens with one attached hydrogen (secondary N) is 1. The van der Waals surface area contributed by atoms with Crippen LogP contribution < -0.4 is 5.73 Å². The Morgan fingerprint density at radius 3 is 2.48 bits per heavy atom. The maximum absolute atomic E-state index is 13.0. The number of amides is 2. The molecular weight excluding hydrogens is 342 g/mol. The fourth-order valence-corrected chi connectivity index (χ4v) is 5.32. The van der Waals surface area contributed by atoms with E-state index < -0.39 is 0 Å². The predicted octanol–water partition coefficient (Wildman–Crippen LogP) is 1.22. The third-order valence-corrected chi connectivity index (χ3v) is 6.82. The first kappa shape index (κ1) is 16.7. The van der Waals surface area contributed by atoms with Crippen LogP contribution in [0.25, 0.3) is 10.9 Å². The predicted molar refractivity (Wildman–Crippen MR) is 101 cm³/mol. The molecule has 1 aliphatic heterocycles. The number of nitrogens with zero attached hydrogens (tertiary/aromatic N) is 3. The zero-order valence-electron chi connectivity index (χ0n) is 15.3. The fraction of sp³-hybridized carbons (Fsp3) is 0.550. The summed E-state index contributed by atoms with van der Waals surface area (Å²) in [7, 11) is 0. The zero-order chi connectivity index (χ0) is 18.5. The molecule has 27 heavy (non-hydrogen) atoms. The molecule has 2 aliphatic carbocycles. The van der Waals surface area contributed by atoms with Gasteiger partial charge in [-0.25, -0.2) is 0 Å². The molecule has 2 aromatic rings. The number of carbonyl (C=O) groups excluding carboxylic acids is 2. The van der Waals surface area contributed by atoms with Crippen LogP contribution in [-0.2, 0) is 4.79 Å². The van der Waals surface area contributed by atoms with Gasteiger partial charge < -0.3 is 15.5 Å². The minimum atomic E-state index is -0.0730. The van der Waals surface area contributed by atoms with Gasteiger partial charge in [-0.2, -0.15) is 5.10 Å². The Balaban J connectivity index is 1.25. The van der Waals surface area contributed by atoms with Crippen LogP contribution in [0.1, 0.15) is 29.8 Å². The number of para-hydroxylation sites is 1. The summed E-state index contributed by atoms with van der Waals surface area (Å²) in [5.41, 5.74) is 7.66. The molecule has 4 unspecified atom stereocenters. The smallest absolute Gasteiger partial charge is 0.275 e. The lowest BCUT2D eigenvalue weighted by atomic mass is 9.84. The van der Waals surface area contributed by atoms with E-state index in [2.05, 4.69) is 10.2 Å². The fourth-order valence-electron chi connectivity index (χ4n) is 5.32. The van der Waals surface area contributed by atoms with Gasteiger partial charge in [0.25, 0.3) is 5.91 Å². The third kappa shape index (κ3) is 2.64. The lowest BCUT2D eigenvalue weighted by Gasteiger charge is -2.38. The number of hydrogen-bond donors (Lipinski definition) is 2. The molecule has 0 radical (unpaired) electrons. The summed E-state index contributed by atoms with van der Waals surface area (Å²) < 4.78 is 0. The van der Waals surface area contributed by atoms with E-state index in [-0.39, 0.29) is 23.8 Å². The summed E-state index contributed by atoms with van der Waals surface area (Å²) in [6, 6.07) is 7.66. The van der Waals surface area contributed by atoms with Crippen LogP contribution in [0.5, 0.6) is 0 Å². The van der Waals surface area contributed by atoms with E-state index in [1.165, 1.54) is 6.42 Å². The minimum absolute atomic E-state index is 0.0127. The van der Waals surface area contributed by atoms with Gasteiger partial charge in [-0.05, 0) is 37.2 Å². The number of hydrogen-bond acceptors (Lipinski definition) is 4. The third-order valence-electron chi connectivity index (χ3n) is 6.82. The van der Waals surface area contributed by atoms with Crippen LogP contribution >= 0.6 is 0 Å². The molecule has 1 aromatic carbocycles. The molecule has 3 aliphatic rings. The molecule has 2 bridgehead atoms. The minimum Gasteiger partial charge on any atom is -0.339 e. The highest BCUT2D eigenvalue weighted by molar-refractivity contribution is 6.04. The Labute approximate surface area is 157 Å². The number of aromatic nitrogens is 2. The largest absolute Gasteiger partial charge is 0.339 e. The Kier molecular flexibility index (Phi) is 3.93. The molecule has 4 atom stereocenters. The van der Waals surface area contributed by atoms with E-state index in [0.717, 1.165) is 23.7 Å². The molecule has 142 valence electrons. The molecule has 3 N–H and O–H groups in total. The standard InChI is InChI=1S/C20H25N5O2/c21-17-13-6-5-12(11-13)16(17)19(26)24-7-9-25(10-8-24)20(27)18-14-3-1-2-4-15(14)22-23-18/h1-4,12-13,16-17H,5-11,21H2,(H,22,23). The van der Waals surface area contributed by atoms with Crippen molar-refractivity contribution in [3.8, 4) is 0 Å². The summed E-state index contributed by atoms with van der Waals surface area (Å²) in [5, 5.41) is 7.97. The summed E-state index contributed by atoms with van der Waals surface area (Å²) in [4.78, 5) is 29.6. The Hall–Kier alpha value is -2.41. The first-order valence-electron chi connectivity index (χ1n) is 9.90. The normalized spacial score (nSPS) is 30.3. The topological polar surface area (TPSA) is 95.3 Å². The number of rotatable bonds is 2. The first-order valence-corrected chi connectivity index (χ1v) is 9.90. The second kappa shape index (κ2) is 6.34. The highest BCUT2D eigenvalue weighted by Gasteiger charge is 2.50. The van der Waals surface area contributed by atoms with Crippen LogP contribution in [0, 0.1) is 17.8 Å². The van der Waals surface area contributed by atoms with E-state index in [0.29, 0.717) is 43.7 Å². The maximum Gasteiger partial charge on any atom is 0.275 e. The lowest BCUT2D eigenvalue weighted by molar-refractivity contribution is -0.139.